The zero-order chi connectivity index (χ0) is 18.2. The van der Waals surface area contributed by atoms with Gasteiger partial charge in [-0.15, -0.1) is 0 Å². The van der Waals surface area contributed by atoms with Gasteiger partial charge in [-0.05, 0) is 32.8 Å². The molecule has 134 valence electrons. The Labute approximate surface area is 165 Å². The molecule has 1 fully saturated rings. The first kappa shape index (κ1) is 18.7. The van der Waals surface area contributed by atoms with Crippen LogP contribution in [0.3, 0.4) is 0 Å². The van der Waals surface area contributed by atoms with Gasteiger partial charge in [-0.1, -0.05) is 57.5 Å². The highest BCUT2D eigenvalue weighted by atomic mass is 127. The van der Waals surface area contributed by atoms with Gasteiger partial charge in [-0.25, -0.2) is 0 Å². The molecule has 5 nitrogen and oxygen atoms in total. The molecule has 0 aliphatic carbocycles. The van der Waals surface area contributed by atoms with E-state index >= 15 is 0 Å². The summed E-state index contributed by atoms with van der Waals surface area (Å²) in [7, 11) is 0. The molecule has 2 aromatic rings. The fourth-order valence-corrected chi connectivity index (χ4v) is 5.25. The molecule has 3 rings (SSSR count). The van der Waals surface area contributed by atoms with E-state index in [2.05, 4.69) is 27.7 Å². The standard InChI is InChI=1S/C18H20ClIN2O3/c1-18(2,24)13-7-5-9-22(16(13)20)17(23)12-10-25-21-15(12)11-6-3-4-8-14(11)19/h3-4,6,8,10,13,16,24H,5,7,9H2,1-2H3/t13-,16?/m0/s1. The smallest absolute Gasteiger partial charge is 0.260 e. The minimum Gasteiger partial charge on any atom is -0.390 e. The summed E-state index contributed by atoms with van der Waals surface area (Å²) in [5.74, 6) is -0.140. The summed E-state index contributed by atoms with van der Waals surface area (Å²) in [6, 6.07) is 7.24. The zero-order valence-electron chi connectivity index (χ0n) is 14.1. The third kappa shape index (κ3) is 3.71. The Balaban J connectivity index is 1.92. The average molecular weight is 475 g/mol. The highest BCUT2D eigenvalue weighted by Gasteiger charge is 2.41. The number of benzene rings is 1. The molecule has 1 aliphatic rings. The molecule has 25 heavy (non-hydrogen) atoms. The minimum atomic E-state index is -0.842. The van der Waals surface area contributed by atoms with E-state index in [0.29, 0.717) is 28.4 Å². The van der Waals surface area contributed by atoms with Gasteiger partial charge in [0, 0.05) is 18.0 Å². The topological polar surface area (TPSA) is 66.6 Å². The van der Waals surface area contributed by atoms with Gasteiger partial charge >= 0.3 is 0 Å². The van der Waals surface area contributed by atoms with Crippen LogP contribution in [0.2, 0.25) is 5.02 Å². The van der Waals surface area contributed by atoms with E-state index in [9.17, 15) is 9.90 Å². The van der Waals surface area contributed by atoms with E-state index < -0.39 is 5.60 Å². The monoisotopic (exact) mass is 474 g/mol. The Bertz CT molecular complexity index is 772. The van der Waals surface area contributed by atoms with Crippen LogP contribution in [-0.4, -0.2) is 37.3 Å². The Morgan fingerprint density at radius 1 is 1.44 bits per heavy atom. The SMILES string of the molecule is CC(C)(O)[C@H]1CCCN(C(=O)c2conc2-c2ccccc2Cl)C1I. The molecular weight excluding hydrogens is 455 g/mol. The number of carbonyl (C=O) groups is 1. The van der Waals surface area contributed by atoms with Crippen molar-refractivity contribution in [1.29, 1.82) is 0 Å². The molecule has 1 aliphatic heterocycles. The predicted molar refractivity (Wildman–Crippen MR) is 105 cm³/mol. The van der Waals surface area contributed by atoms with Crippen LogP contribution in [0, 0.1) is 5.92 Å². The summed E-state index contributed by atoms with van der Waals surface area (Å²) < 4.78 is 4.98. The number of carbonyl (C=O) groups excluding carboxylic acids is 1. The molecule has 2 heterocycles. The number of halogens is 2. The maximum Gasteiger partial charge on any atom is 0.260 e. The molecular formula is C18H20ClIN2O3. The van der Waals surface area contributed by atoms with Crippen molar-refractivity contribution in [2.75, 3.05) is 6.54 Å². The number of aliphatic hydroxyl groups is 1. The molecule has 1 saturated heterocycles. The molecule has 0 bridgehead atoms. The maximum atomic E-state index is 13.1. The van der Waals surface area contributed by atoms with Crippen LogP contribution in [0.15, 0.2) is 35.1 Å². The van der Waals surface area contributed by atoms with E-state index in [-0.39, 0.29) is 15.9 Å². The fourth-order valence-electron chi connectivity index (χ4n) is 3.25. The number of nitrogens with zero attached hydrogens (tertiary/aromatic N) is 2. The summed E-state index contributed by atoms with van der Waals surface area (Å²) in [6.45, 7) is 4.24. The molecule has 2 atom stereocenters. The summed E-state index contributed by atoms with van der Waals surface area (Å²) in [5.41, 5.74) is 0.670. The number of aromatic nitrogens is 1. The highest BCUT2D eigenvalue weighted by molar-refractivity contribution is 14.1. The van der Waals surface area contributed by atoms with Gasteiger partial charge in [-0.3, -0.25) is 4.79 Å². The molecule has 0 radical (unpaired) electrons. The van der Waals surface area contributed by atoms with Gasteiger partial charge in [0.05, 0.1) is 14.7 Å². The van der Waals surface area contributed by atoms with Crippen molar-refractivity contribution in [3.05, 3.63) is 41.1 Å². The molecule has 1 N–H and O–H groups in total. The molecule has 1 amide bonds. The van der Waals surface area contributed by atoms with E-state index in [1.54, 1.807) is 24.8 Å². The third-order valence-electron chi connectivity index (χ3n) is 4.64. The third-order valence-corrected chi connectivity index (χ3v) is 6.51. The second kappa shape index (κ2) is 7.25. The molecule has 0 spiro atoms. The first-order valence-corrected chi connectivity index (χ1v) is 9.79. The molecule has 1 unspecified atom stereocenters. The first-order chi connectivity index (χ1) is 11.8. The summed E-state index contributed by atoms with van der Waals surface area (Å²) in [6.07, 6.45) is 3.12. The summed E-state index contributed by atoms with van der Waals surface area (Å²) >= 11 is 8.50. The van der Waals surface area contributed by atoms with Gasteiger partial charge in [0.1, 0.15) is 17.5 Å². The number of alkyl halides is 1. The van der Waals surface area contributed by atoms with Gasteiger partial charge in [0.15, 0.2) is 0 Å². The van der Waals surface area contributed by atoms with Crippen LogP contribution in [0.1, 0.15) is 37.0 Å². The molecule has 1 aromatic carbocycles. The van der Waals surface area contributed by atoms with Crippen molar-refractivity contribution in [3.8, 4) is 11.3 Å². The van der Waals surface area contributed by atoms with Gasteiger partial charge in [0.2, 0.25) is 0 Å². The Morgan fingerprint density at radius 3 is 2.84 bits per heavy atom. The summed E-state index contributed by atoms with van der Waals surface area (Å²) in [4.78, 5) is 14.9. The number of amides is 1. The van der Waals surface area contributed by atoms with E-state index in [0.717, 1.165) is 12.8 Å². The Kier molecular flexibility index (Phi) is 5.41. The van der Waals surface area contributed by atoms with Crippen LogP contribution in [0.5, 0.6) is 0 Å². The van der Waals surface area contributed by atoms with E-state index in [1.165, 1.54) is 6.26 Å². The zero-order valence-corrected chi connectivity index (χ0v) is 17.0. The second-order valence-electron chi connectivity index (χ2n) is 6.83. The van der Waals surface area contributed by atoms with E-state index in [4.69, 9.17) is 16.1 Å². The van der Waals surface area contributed by atoms with Gasteiger partial charge in [0.25, 0.3) is 5.91 Å². The van der Waals surface area contributed by atoms with Crippen LogP contribution in [0.25, 0.3) is 11.3 Å². The number of rotatable bonds is 3. The number of piperidine rings is 1. The van der Waals surface area contributed by atoms with Crippen LogP contribution < -0.4 is 0 Å². The maximum absolute atomic E-state index is 13.1. The quantitative estimate of drug-likeness (QED) is 0.407. The molecule has 7 heteroatoms. The lowest BCUT2D eigenvalue weighted by molar-refractivity contribution is -0.0191. The van der Waals surface area contributed by atoms with Crippen molar-refractivity contribution in [2.24, 2.45) is 5.92 Å². The Morgan fingerprint density at radius 2 is 2.16 bits per heavy atom. The second-order valence-corrected chi connectivity index (χ2v) is 8.51. The van der Waals surface area contributed by atoms with Crippen molar-refractivity contribution >= 4 is 40.1 Å². The number of hydrogen-bond donors (Lipinski definition) is 1. The lowest BCUT2D eigenvalue weighted by atomic mass is 9.84. The normalized spacial score (nSPS) is 21.4. The largest absolute Gasteiger partial charge is 0.390 e. The van der Waals surface area contributed by atoms with Crippen LogP contribution in [0.4, 0.5) is 0 Å². The lowest BCUT2D eigenvalue weighted by Gasteiger charge is -2.43. The molecule has 0 saturated carbocycles. The van der Waals surface area contributed by atoms with Crippen LogP contribution >= 0.6 is 34.2 Å². The van der Waals surface area contributed by atoms with Crippen molar-refractivity contribution in [2.45, 2.75) is 36.3 Å². The first-order valence-electron chi connectivity index (χ1n) is 8.17. The highest BCUT2D eigenvalue weighted by Crippen LogP contribution is 2.37. The molecule has 1 aromatic heterocycles. The van der Waals surface area contributed by atoms with E-state index in [1.807, 2.05) is 18.2 Å². The van der Waals surface area contributed by atoms with Crippen molar-refractivity contribution in [3.63, 3.8) is 0 Å². The average Bonchev–Trinajstić information content (AvgIpc) is 3.03. The van der Waals surface area contributed by atoms with Crippen molar-refractivity contribution < 1.29 is 14.4 Å². The predicted octanol–water partition coefficient (Wildman–Crippen LogP) is 4.38. The number of hydrogen-bond acceptors (Lipinski definition) is 4. The van der Waals surface area contributed by atoms with Crippen molar-refractivity contribution in [1.82, 2.24) is 10.1 Å². The van der Waals surface area contributed by atoms with Gasteiger partial charge in [-0.2, -0.15) is 0 Å². The minimum absolute atomic E-state index is 0.00873. The Hall–Kier alpha value is -1.12. The van der Waals surface area contributed by atoms with Gasteiger partial charge < -0.3 is 14.5 Å². The number of likely N-dealkylation sites (tertiary alicyclic amines) is 1. The van der Waals surface area contributed by atoms with Crippen LogP contribution in [-0.2, 0) is 0 Å². The summed E-state index contributed by atoms with van der Waals surface area (Å²) in [5, 5.41) is 14.9. The fraction of sp³-hybridized carbons (Fsp3) is 0.444. The lowest BCUT2D eigenvalue weighted by Crippen LogP contribution is -2.51.